The summed E-state index contributed by atoms with van der Waals surface area (Å²) in [6.07, 6.45) is 0. The fourth-order valence-electron chi connectivity index (χ4n) is 3.64. The number of non-ortho nitro benzene ring substituents is 1. The average Bonchev–Trinajstić information content (AvgIpc) is 3.11. The fraction of sp³-hybridized carbons (Fsp3) is 0.409. The van der Waals surface area contributed by atoms with Gasteiger partial charge in [-0.25, -0.2) is 4.98 Å². The van der Waals surface area contributed by atoms with Crippen molar-refractivity contribution in [1.29, 1.82) is 0 Å². The first-order valence-electron chi connectivity index (χ1n) is 9.99. The predicted octanol–water partition coefficient (Wildman–Crippen LogP) is 4.45. The third kappa shape index (κ3) is 4.40. The van der Waals surface area contributed by atoms with Crippen LogP contribution < -0.4 is 4.74 Å². The Morgan fingerprint density at radius 2 is 1.86 bits per heavy atom. The minimum Gasteiger partial charge on any atom is -0.497 e. The predicted molar refractivity (Wildman–Crippen MR) is 115 cm³/mol. The van der Waals surface area contributed by atoms with Crippen molar-refractivity contribution < 1.29 is 9.66 Å². The molecule has 1 aromatic heterocycles. The first-order chi connectivity index (χ1) is 14.0. The van der Waals surface area contributed by atoms with Gasteiger partial charge < -0.3 is 14.2 Å². The second-order valence-corrected chi connectivity index (χ2v) is 7.07. The molecule has 29 heavy (non-hydrogen) atoms. The number of imidazole rings is 1. The zero-order valence-corrected chi connectivity index (χ0v) is 17.5. The van der Waals surface area contributed by atoms with Crippen molar-refractivity contribution in [3.8, 4) is 5.75 Å². The monoisotopic (exact) mass is 396 g/mol. The Labute approximate surface area is 171 Å². The van der Waals surface area contributed by atoms with Crippen LogP contribution >= 0.6 is 0 Å². The van der Waals surface area contributed by atoms with Gasteiger partial charge in [0.2, 0.25) is 0 Å². The quantitative estimate of drug-likeness (QED) is 0.395. The van der Waals surface area contributed by atoms with Crippen molar-refractivity contribution in [2.24, 2.45) is 0 Å². The number of nitro benzene ring substituents is 1. The van der Waals surface area contributed by atoms with Crippen LogP contribution in [0.3, 0.4) is 0 Å². The summed E-state index contributed by atoms with van der Waals surface area (Å²) in [5, 5.41) is 11.2. The molecule has 0 aliphatic heterocycles. The van der Waals surface area contributed by atoms with Gasteiger partial charge in [0.15, 0.2) is 0 Å². The lowest BCUT2D eigenvalue weighted by atomic mass is 10.0. The number of aromatic nitrogens is 2. The summed E-state index contributed by atoms with van der Waals surface area (Å²) in [5.74, 6) is 1.77. The molecular weight excluding hydrogens is 368 g/mol. The zero-order valence-electron chi connectivity index (χ0n) is 17.5. The van der Waals surface area contributed by atoms with Crippen molar-refractivity contribution in [2.45, 2.75) is 33.2 Å². The van der Waals surface area contributed by atoms with E-state index in [0.717, 1.165) is 48.8 Å². The number of hydrogen-bond acceptors (Lipinski definition) is 5. The number of rotatable bonds is 9. The highest BCUT2D eigenvalue weighted by molar-refractivity contribution is 5.79. The molecule has 2 aromatic carbocycles. The largest absolute Gasteiger partial charge is 0.497 e. The maximum absolute atomic E-state index is 11.2. The molecule has 0 saturated heterocycles. The number of nitrogens with zero attached hydrogens (tertiary/aromatic N) is 4. The molecule has 7 heteroatoms. The summed E-state index contributed by atoms with van der Waals surface area (Å²) in [7, 11) is 1.65. The number of nitro groups is 1. The molecule has 0 radical (unpaired) electrons. The van der Waals surface area contributed by atoms with Gasteiger partial charge in [-0.05, 0) is 36.9 Å². The normalized spacial score (nSPS) is 12.4. The topological polar surface area (TPSA) is 73.4 Å². The van der Waals surface area contributed by atoms with Crippen molar-refractivity contribution in [3.05, 3.63) is 64.0 Å². The van der Waals surface area contributed by atoms with Gasteiger partial charge in [0.1, 0.15) is 11.6 Å². The first kappa shape index (κ1) is 20.8. The lowest BCUT2D eigenvalue weighted by Gasteiger charge is -2.21. The number of methoxy groups -OCH3 is 1. The summed E-state index contributed by atoms with van der Waals surface area (Å²) >= 11 is 0. The third-order valence-corrected chi connectivity index (χ3v) is 5.51. The van der Waals surface area contributed by atoms with E-state index in [9.17, 15) is 10.1 Å². The van der Waals surface area contributed by atoms with Crippen LogP contribution in [0, 0.1) is 10.1 Å². The Morgan fingerprint density at radius 3 is 2.45 bits per heavy atom. The van der Waals surface area contributed by atoms with Gasteiger partial charge >= 0.3 is 0 Å². The molecule has 1 heterocycles. The molecule has 0 saturated carbocycles. The van der Waals surface area contributed by atoms with E-state index in [-0.39, 0.29) is 16.5 Å². The Bertz CT molecular complexity index is 978. The van der Waals surface area contributed by atoms with Crippen LogP contribution in [0.25, 0.3) is 11.0 Å². The van der Waals surface area contributed by atoms with Crippen molar-refractivity contribution in [3.63, 3.8) is 0 Å². The van der Waals surface area contributed by atoms with Gasteiger partial charge in [0.05, 0.1) is 23.1 Å². The lowest BCUT2D eigenvalue weighted by molar-refractivity contribution is -0.384. The molecule has 0 spiro atoms. The minimum absolute atomic E-state index is 0.0454. The van der Waals surface area contributed by atoms with E-state index in [2.05, 4.69) is 30.2 Å². The van der Waals surface area contributed by atoms with Crippen molar-refractivity contribution >= 4 is 16.7 Å². The highest BCUT2D eigenvalue weighted by atomic mass is 16.6. The average molecular weight is 396 g/mol. The Morgan fingerprint density at radius 1 is 1.17 bits per heavy atom. The van der Waals surface area contributed by atoms with Crippen molar-refractivity contribution in [1.82, 2.24) is 14.5 Å². The van der Waals surface area contributed by atoms with Crippen LogP contribution in [0.4, 0.5) is 5.69 Å². The van der Waals surface area contributed by atoms with Gasteiger partial charge in [0.25, 0.3) is 5.69 Å². The van der Waals surface area contributed by atoms with Crippen LogP contribution in [0.2, 0.25) is 0 Å². The van der Waals surface area contributed by atoms with E-state index >= 15 is 0 Å². The second-order valence-electron chi connectivity index (χ2n) is 7.07. The number of fused-ring (bicyclic) bond motifs is 1. The number of likely N-dealkylation sites (N-methyl/N-ethyl adjacent to an activating group) is 1. The Balaban J connectivity index is 2.04. The maximum atomic E-state index is 11.2. The molecule has 3 rings (SSSR count). The Hall–Kier alpha value is -2.93. The standard InChI is InChI=1S/C22H28N4O3/c1-5-24(6-2)13-14-25-21-12-9-18(26(27)28)15-20(21)23-22(25)16(3)17-7-10-19(29-4)11-8-17/h7-12,15-16H,5-6,13-14H2,1-4H3. The zero-order chi connectivity index (χ0) is 21.0. The minimum atomic E-state index is -0.374. The summed E-state index contributed by atoms with van der Waals surface area (Å²) in [6, 6.07) is 12.9. The molecule has 0 bridgehead atoms. The molecule has 1 unspecified atom stereocenters. The van der Waals surface area contributed by atoms with Crippen LogP contribution in [-0.4, -0.2) is 46.1 Å². The SMILES string of the molecule is CCN(CC)CCn1c(C(C)c2ccc(OC)cc2)nc2cc([N+](=O)[O-])ccc21. The molecule has 0 aliphatic carbocycles. The van der Waals surface area contributed by atoms with Gasteiger partial charge in [0, 0.05) is 31.1 Å². The third-order valence-electron chi connectivity index (χ3n) is 5.51. The van der Waals surface area contributed by atoms with E-state index in [1.165, 1.54) is 0 Å². The highest BCUT2D eigenvalue weighted by Crippen LogP contribution is 2.30. The molecule has 0 N–H and O–H groups in total. The smallest absolute Gasteiger partial charge is 0.271 e. The highest BCUT2D eigenvalue weighted by Gasteiger charge is 2.20. The summed E-state index contributed by atoms with van der Waals surface area (Å²) < 4.78 is 7.46. The summed E-state index contributed by atoms with van der Waals surface area (Å²) in [4.78, 5) is 18.0. The lowest BCUT2D eigenvalue weighted by Crippen LogP contribution is -2.27. The van der Waals surface area contributed by atoms with Gasteiger partial charge in [-0.15, -0.1) is 0 Å². The molecule has 0 amide bonds. The first-order valence-corrected chi connectivity index (χ1v) is 9.99. The van der Waals surface area contributed by atoms with Crippen LogP contribution in [0.15, 0.2) is 42.5 Å². The second kappa shape index (κ2) is 9.05. The number of ether oxygens (including phenoxy) is 1. The van der Waals surface area contributed by atoms with E-state index < -0.39 is 0 Å². The molecule has 3 aromatic rings. The van der Waals surface area contributed by atoms with Crippen molar-refractivity contribution in [2.75, 3.05) is 26.7 Å². The van der Waals surface area contributed by atoms with E-state index in [4.69, 9.17) is 9.72 Å². The molecule has 154 valence electrons. The molecule has 0 aliphatic rings. The van der Waals surface area contributed by atoms with Crippen LogP contribution in [0.5, 0.6) is 5.75 Å². The fourth-order valence-corrected chi connectivity index (χ4v) is 3.64. The van der Waals surface area contributed by atoms with Gasteiger partial charge in [-0.3, -0.25) is 10.1 Å². The summed E-state index contributed by atoms with van der Waals surface area (Å²) in [6.45, 7) is 10.1. The van der Waals surface area contributed by atoms with E-state index in [1.807, 2.05) is 30.3 Å². The van der Waals surface area contributed by atoms with Crippen LogP contribution in [-0.2, 0) is 6.54 Å². The number of hydrogen-bond donors (Lipinski definition) is 0. The summed E-state index contributed by atoms with van der Waals surface area (Å²) in [5.41, 5.74) is 2.78. The molecule has 0 fully saturated rings. The molecule has 7 nitrogen and oxygen atoms in total. The van der Waals surface area contributed by atoms with Gasteiger partial charge in [-0.1, -0.05) is 32.9 Å². The molecule has 1 atom stereocenters. The van der Waals surface area contributed by atoms with Crippen LogP contribution in [0.1, 0.15) is 38.1 Å². The van der Waals surface area contributed by atoms with E-state index in [0.29, 0.717) is 5.52 Å². The molecular formula is C22H28N4O3. The number of benzene rings is 2. The maximum Gasteiger partial charge on any atom is 0.271 e. The van der Waals surface area contributed by atoms with Gasteiger partial charge in [-0.2, -0.15) is 0 Å². The van der Waals surface area contributed by atoms with E-state index in [1.54, 1.807) is 19.2 Å². The Kier molecular flexibility index (Phi) is 6.49.